The molecular weight excluding hydrogens is 506 g/mol. The van der Waals surface area contributed by atoms with Crippen LogP contribution in [0.1, 0.15) is 37.6 Å². The smallest absolute Gasteiger partial charge is 0.328 e. The molecule has 4 atom stereocenters. The van der Waals surface area contributed by atoms with Crippen molar-refractivity contribution in [2.45, 2.75) is 49.4 Å². The zero-order valence-corrected chi connectivity index (χ0v) is 20.5. The molecule has 0 spiro atoms. The highest BCUT2D eigenvalue weighted by atomic mass is 35.5. The number of benzene rings is 1. The van der Waals surface area contributed by atoms with Gasteiger partial charge in [0.25, 0.3) is 5.91 Å². The van der Waals surface area contributed by atoms with E-state index in [9.17, 15) is 42.9 Å². The van der Waals surface area contributed by atoms with Crippen molar-refractivity contribution in [2.24, 2.45) is 10.9 Å². The van der Waals surface area contributed by atoms with Crippen LogP contribution in [0.5, 0.6) is 11.5 Å². The number of ketones is 1. The van der Waals surface area contributed by atoms with Crippen molar-refractivity contribution in [1.29, 1.82) is 0 Å². The number of fused-ring (bicyclic) bond motifs is 1. The summed E-state index contributed by atoms with van der Waals surface area (Å²) in [6.07, 6.45) is 0.560. The molecule has 2 aliphatic rings. The van der Waals surface area contributed by atoms with Crippen LogP contribution in [0.3, 0.4) is 0 Å². The van der Waals surface area contributed by atoms with E-state index in [0.717, 1.165) is 30.2 Å². The summed E-state index contributed by atoms with van der Waals surface area (Å²) in [6, 6.07) is -0.545. The largest absolute Gasteiger partial charge is 0.504 e. The number of sulfone groups is 1. The molecule has 2 saturated heterocycles. The number of nitrogens with one attached hydrogen (secondary N) is 1. The van der Waals surface area contributed by atoms with Gasteiger partial charge in [0.15, 0.2) is 33.2 Å². The Kier molecular flexibility index (Phi) is 6.88. The molecular formula is C21H24ClN3O9S. The number of Topliss-reactive ketones (excluding diaryl/α,β-unsaturated/α-hetero) is 1. The molecule has 4 N–H and O–H groups in total. The van der Waals surface area contributed by atoms with Crippen molar-refractivity contribution < 1.29 is 42.9 Å². The lowest BCUT2D eigenvalue weighted by molar-refractivity contribution is -0.156. The Bertz CT molecular complexity index is 1250. The second-order valence-electron chi connectivity index (χ2n) is 8.86. The molecule has 0 saturated carbocycles. The summed E-state index contributed by atoms with van der Waals surface area (Å²) >= 11 is 5.90. The monoisotopic (exact) mass is 529 g/mol. The number of aliphatic carboxylic acids is 1. The zero-order valence-electron chi connectivity index (χ0n) is 18.9. The summed E-state index contributed by atoms with van der Waals surface area (Å²) in [4.78, 5) is 53.8. The molecule has 2 heterocycles. The molecule has 3 rings (SSSR count). The van der Waals surface area contributed by atoms with Crippen LogP contribution in [-0.4, -0.2) is 87.2 Å². The van der Waals surface area contributed by atoms with Crippen molar-refractivity contribution in [1.82, 2.24) is 10.2 Å². The van der Waals surface area contributed by atoms with E-state index in [4.69, 9.17) is 11.6 Å². The number of nitrogens with zero attached hydrogens (tertiary/aromatic N) is 2. The minimum absolute atomic E-state index is 0.188. The standard InChI is InChI=1S/C21H24ClN3O9S/c1-9(2)16(24-19(30)10-4-5-11(26)17(29)15(10)22)12(27)7-23-8-21(3)18(20(31)32)25-13(28)6-14(25)35(21,33)34/h4-5,8-9,14,16,18,26,29H,6-7H2,1-3H3,(H,24,30)(H,31,32)/t14-,16+,18+,21+/m1/s1. The fraction of sp³-hybridized carbons (Fsp3) is 0.476. The molecule has 0 unspecified atom stereocenters. The highest BCUT2D eigenvalue weighted by molar-refractivity contribution is 7.94. The van der Waals surface area contributed by atoms with E-state index in [1.807, 2.05) is 0 Å². The third-order valence-electron chi connectivity index (χ3n) is 6.21. The number of rotatable bonds is 8. The van der Waals surface area contributed by atoms with E-state index >= 15 is 0 Å². The van der Waals surface area contributed by atoms with Crippen molar-refractivity contribution >= 4 is 51.2 Å². The van der Waals surface area contributed by atoms with Gasteiger partial charge in [-0.3, -0.25) is 19.4 Å². The Morgan fingerprint density at radius 2 is 1.94 bits per heavy atom. The van der Waals surface area contributed by atoms with Gasteiger partial charge in [-0.05, 0) is 25.0 Å². The summed E-state index contributed by atoms with van der Waals surface area (Å²) in [5.74, 6) is -5.17. The topological polar surface area (TPSA) is 191 Å². The first-order valence-corrected chi connectivity index (χ1v) is 12.4. The predicted molar refractivity (Wildman–Crippen MR) is 123 cm³/mol. The van der Waals surface area contributed by atoms with Crippen LogP contribution in [-0.2, 0) is 24.2 Å². The fourth-order valence-corrected chi connectivity index (χ4v) is 6.67. The fourth-order valence-electron chi connectivity index (χ4n) is 4.19. The number of carbonyl (C=O) groups excluding carboxylic acids is 3. The quantitative estimate of drug-likeness (QED) is 0.209. The molecule has 2 fully saturated rings. The van der Waals surface area contributed by atoms with Crippen molar-refractivity contribution in [2.75, 3.05) is 6.54 Å². The van der Waals surface area contributed by atoms with E-state index in [1.165, 1.54) is 0 Å². The molecule has 0 aromatic heterocycles. The number of carboxylic acid groups (broad SMARTS) is 1. The Balaban J connectivity index is 1.79. The lowest BCUT2D eigenvalue weighted by Gasteiger charge is -2.35. The first-order chi connectivity index (χ1) is 16.1. The second kappa shape index (κ2) is 9.11. The number of amides is 2. The second-order valence-corrected chi connectivity index (χ2v) is 11.7. The molecule has 0 bridgehead atoms. The number of phenols is 2. The Hall–Kier alpha value is -3.19. The van der Waals surface area contributed by atoms with Crippen molar-refractivity contribution in [3.63, 3.8) is 0 Å². The van der Waals surface area contributed by atoms with Crippen LogP contribution < -0.4 is 5.32 Å². The van der Waals surface area contributed by atoms with Crippen molar-refractivity contribution in [3.05, 3.63) is 22.7 Å². The van der Waals surface area contributed by atoms with Gasteiger partial charge in [0.1, 0.15) is 10.1 Å². The molecule has 2 amide bonds. The minimum atomic E-state index is -4.12. The first kappa shape index (κ1) is 26.4. The van der Waals surface area contributed by atoms with Gasteiger partial charge < -0.3 is 25.5 Å². The van der Waals surface area contributed by atoms with E-state index in [-0.39, 0.29) is 12.0 Å². The molecule has 14 heteroatoms. The van der Waals surface area contributed by atoms with Crippen LogP contribution in [0.25, 0.3) is 0 Å². The molecule has 12 nitrogen and oxygen atoms in total. The number of halogens is 1. The molecule has 2 aliphatic heterocycles. The van der Waals surface area contributed by atoms with Gasteiger partial charge in [-0.1, -0.05) is 25.4 Å². The summed E-state index contributed by atoms with van der Waals surface area (Å²) < 4.78 is 23.8. The maximum atomic E-state index is 12.9. The van der Waals surface area contributed by atoms with Gasteiger partial charge in [0.05, 0.1) is 29.6 Å². The molecule has 0 radical (unpaired) electrons. The molecule has 0 aliphatic carbocycles. The maximum absolute atomic E-state index is 12.9. The summed E-state index contributed by atoms with van der Waals surface area (Å²) in [5.41, 5.74) is -0.188. The van der Waals surface area contributed by atoms with E-state index in [1.54, 1.807) is 13.8 Å². The lowest BCUT2D eigenvalue weighted by atomic mass is 9.97. The average Bonchev–Trinajstić information content (AvgIpc) is 2.90. The average molecular weight is 530 g/mol. The summed E-state index contributed by atoms with van der Waals surface area (Å²) in [6.45, 7) is 3.85. The number of aliphatic imine (C=N–C) groups is 1. The summed E-state index contributed by atoms with van der Waals surface area (Å²) in [7, 11) is -4.12. The van der Waals surface area contributed by atoms with Crippen LogP contribution in [0.4, 0.5) is 0 Å². The number of carboxylic acids is 1. The number of phenolic OH excluding ortho intramolecular Hbond substituents is 2. The van der Waals surface area contributed by atoms with Crippen molar-refractivity contribution in [3.8, 4) is 11.5 Å². The number of hydrogen-bond acceptors (Lipinski definition) is 9. The SMILES string of the molecule is CC(C)[C@H](NC(=O)c1ccc(O)c(O)c1Cl)C(=O)CN=C[C@@]1(C)[C@H](C(=O)O)N2C(=O)C[C@H]2S1(=O)=O. The highest BCUT2D eigenvalue weighted by Gasteiger charge is 2.69. The third kappa shape index (κ3) is 4.22. The van der Waals surface area contributed by atoms with E-state index in [0.29, 0.717) is 0 Å². The van der Waals surface area contributed by atoms with Gasteiger partial charge in [0.2, 0.25) is 5.91 Å². The number of carbonyl (C=O) groups is 4. The normalized spacial score (nSPS) is 25.9. The minimum Gasteiger partial charge on any atom is -0.504 e. The Morgan fingerprint density at radius 1 is 1.31 bits per heavy atom. The van der Waals surface area contributed by atoms with Gasteiger partial charge in [-0.25, -0.2) is 13.2 Å². The van der Waals surface area contributed by atoms with Gasteiger partial charge in [-0.15, -0.1) is 0 Å². The van der Waals surface area contributed by atoms with Gasteiger partial charge in [0, 0.05) is 6.21 Å². The molecule has 35 heavy (non-hydrogen) atoms. The van der Waals surface area contributed by atoms with E-state index < -0.39 is 84.6 Å². The van der Waals surface area contributed by atoms with Gasteiger partial charge >= 0.3 is 5.97 Å². The third-order valence-corrected chi connectivity index (χ3v) is 9.26. The van der Waals surface area contributed by atoms with Crippen LogP contribution in [0.15, 0.2) is 17.1 Å². The van der Waals surface area contributed by atoms with Crippen LogP contribution in [0, 0.1) is 5.92 Å². The zero-order chi connectivity index (χ0) is 26.5. The summed E-state index contributed by atoms with van der Waals surface area (Å²) in [5, 5.41) is 29.6. The van der Waals surface area contributed by atoms with E-state index in [2.05, 4.69) is 10.3 Å². The Morgan fingerprint density at radius 3 is 2.49 bits per heavy atom. The molecule has 190 valence electrons. The Labute approximate surface area is 205 Å². The first-order valence-electron chi connectivity index (χ1n) is 10.5. The number of hydrogen-bond donors (Lipinski definition) is 4. The number of aromatic hydroxyl groups is 2. The molecule has 1 aromatic rings. The maximum Gasteiger partial charge on any atom is 0.328 e. The number of β-lactam (4-membered cyclic amide) rings is 1. The van der Waals surface area contributed by atoms with Crippen LogP contribution >= 0.6 is 11.6 Å². The predicted octanol–water partition coefficient (Wildman–Crippen LogP) is 0.344. The molecule has 1 aromatic carbocycles. The van der Waals surface area contributed by atoms with Crippen LogP contribution in [0.2, 0.25) is 5.02 Å². The highest BCUT2D eigenvalue weighted by Crippen LogP contribution is 2.45. The lowest BCUT2D eigenvalue weighted by Crippen LogP contribution is -2.57. The van der Waals surface area contributed by atoms with Gasteiger partial charge in [-0.2, -0.15) is 0 Å².